The van der Waals surface area contributed by atoms with Crippen LogP contribution in [-0.4, -0.2) is 23.1 Å². The standard InChI is InChI=1S/C15H14O4S/c1-18-10-4-2-9(3-5-10)12-8-20-13-7-6-11(16)14(17)15(13)19-12/h2-7,12,16-17H,8H2,1H3. The molecule has 0 amide bonds. The number of hydrogen-bond donors (Lipinski definition) is 2. The molecule has 5 heteroatoms. The van der Waals surface area contributed by atoms with Crippen LogP contribution in [-0.2, 0) is 0 Å². The Morgan fingerprint density at radius 3 is 2.60 bits per heavy atom. The first-order chi connectivity index (χ1) is 9.69. The monoisotopic (exact) mass is 290 g/mol. The lowest BCUT2D eigenvalue weighted by Gasteiger charge is -2.26. The second-order valence-electron chi connectivity index (χ2n) is 4.45. The van der Waals surface area contributed by atoms with Crippen LogP contribution >= 0.6 is 11.8 Å². The van der Waals surface area contributed by atoms with Crippen molar-refractivity contribution in [2.75, 3.05) is 12.9 Å². The molecule has 2 aromatic carbocycles. The maximum atomic E-state index is 9.88. The number of fused-ring (bicyclic) bond motifs is 1. The zero-order chi connectivity index (χ0) is 14.1. The van der Waals surface area contributed by atoms with Crippen LogP contribution in [0, 0.1) is 0 Å². The van der Waals surface area contributed by atoms with Crippen molar-refractivity contribution in [1.82, 2.24) is 0 Å². The summed E-state index contributed by atoms with van der Waals surface area (Å²) in [4.78, 5) is 0.838. The zero-order valence-corrected chi connectivity index (χ0v) is 11.7. The van der Waals surface area contributed by atoms with Crippen LogP contribution in [0.5, 0.6) is 23.0 Å². The molecule has 2 aromatic rings. The molecule has 1 aliphatic rings. The van der Waals surface area contributed by atoms with E-state index in [0.717, 1.165) is 22.0 Å². The van der Waals surface area contributed by atoms with Gasteiger partial charge in [0.2, 0.25) is 5.75 Å². The molecule has 0 aliphatic carbocycles. The minimum absolute atomic E-state index is 0.161. The van der Waals surface area contributed by atoms with Crippen molar-refractivity contribution < 1.29 is 19.7 Å². The van der Waals surface area contributed by atoms with Gasteiger partial charge in [-0.1, -0.05) is 12.1 Å². The summed E-state index contributed by atoms with van der Waals surface area (Å²) in [6.45, 7) is 0. The van der Waals surface area contributed by atoms with Gasteiger partial charge in [0.05, 0.1) is 12.0 Å². The first-order valence-electron chi connectivity index (χ1n) is 6.17. The van der Waals surface area contributed by atoms with Crippen LogP contribution in [0.4, 0.5) is 0 Å². The average Bonchev–Trinajstić information content (AvgIpc) is 2.51. The topological polar surface area (TPSA) is 58.9 Å². The summed E-state index contributed by atoms with van der Waals surface area (Å²) in [5, 5.41) is 19.4. The van der Waals surface area contributed by atoms with Crippen molar-refractivity contribution in [3.05, 3.63) is 42.0 Å². The number of rotatable bonds is 2. The van der Waals surface area contributed by atoms with Crippen LogP contribution in [0.25, 0.3) is 0 Å². The maximum Gasteiger partial charge on any atom is 0.201 e. The number of phenolic OH excluding ortho intramolecular Hbond substituents is 2. The molecule has 0 bridgehead atoms. The molecule has 1 unspecified atom stereocenters. The maximum absolute atomic E-state index is 9.88. The molecule has 1 aliphatic heterocycles. The minimum Gasteiger partial charge on any atom is -0.504 e. The fourth-order valence-electron chi connectivity index (χ4n) is 2.09. The molecule has 20 heavy (non-hydrogen) atoms. The summed E-state index contributed by atoms with van der Waals surface area (Å²) in [5.74, 6) is 1.52. The SMILES string of the molecule is COc1ccc(C2CSc3ccc(O)c(O)c3O2)cc1. The van der Waals surface area contributed by atoms with E-state index in [9.17, 15) is 10.2 Å². The Labute approximate surface area is 121 Å². The van der Waals surface area contributed by atoms with Gasteiger partial charge in [0.15, 0.2) is 11.5 Å². The molecule has 3 rings (SSSR count). The third-order valence-corrected chi connectivity index (χ3v) is 4.31. The van der Waals surface area contributed by atoms with Crippen molar-refractivity contribution in [3.63, 3.8) is 0 Å². The van der Waals surface area contributed by atoms with Crippen molar-refractivity contribution in [3.8, 4) is 23.0 Å². The van der Waals surface area contributed by atoms with Crippen LogP contribution in [0.3, 0.4) is 0 Å². The molecule has 0 spiro atoms. The van der Waals surface area contributed by atoms with E-state index < -0.39 is 0 Å². The normalized spacial score (nSPS) is 17.1. The highest BCUT2D eigenvalue weighted by atomic mass is 32.2. The first-order valence-corrected chi connectivity index (χ1v) is 7.16. The van der Waals surface area contributed by atoms with E-state index in [2.05, 4.69) is 0 Å². The van der Waals surface area contributed by atoms with Crippen molar-refractivity contribution in [2.45, 2.75) is 11.0 Å². The smallest absolute Gasteiger partial charge is 0.201 e. The predicted octanol–water partition coefficient (Wildman–Crippen LogP) is 3.33. The predicted molar refractivity (Wildman–Crippen MR) is 76.9 cm³/mol. The second kappa shape index (κ2) is 5.17. The van der Waals surface area contributed by atoms with E-state index in [1.807, 2.05) is 24.3 Å². The summed E-state index contributed by atoms with van der Waals surface area (Å²) < 4.78 is 11.0. The van der Waals surface area contributed by atoms with Gasteiger partial charge in [0.25, 0.3) is 0 Å². The molecule has 0 saturated heterocycles. The lowest BCUT2D eigenvalue weighted by Crippen LogP contribution is -2.14. The molecule has 4 nitrogen and oxygen atoms in total. The Kier molecular flexibility index (Phi) is 3.36. The lowest BCUT2D eigenvalue weighted by atomic mass is 10.1. The van der Waals surface area contributed by atoms with Gasteiger partial charge in [-0.15, -0.1) is 11.8 Å². The highest BCUT2D eigenvalue weighted by Crippen LogP contribution is 2.48. The van der Waals surface area contributed by atoms with E-state index in [4.69, 9.17) is 9.47 Å². The number of methoxy groups -OCH3 is 1. The van der Waals surface area contributed by atoms with Crippen LogP contribution < -0.4 is 9.47 Å². The molecule has 0 saturated carbocycles. The first kappa shape index (κ1) is 13.0. The van der Waals surface area contributed by atoms with E-state index >= 15 is 0 Å². The van der Waals surface area contributed by atoms with E-state index in [1.165, 1.54) is 6.07 Å². The van der Waals surface area contributed by atoms with E-state index in [0.29, 0.717) is 5.75 Å². The van der Waals surface area contributed by atoms with Gasteiger partial charge in [0, 0.05) is 5.75 Å². The van der Waals surface area contributed by atoms with Crippen molar-refractivity contribution in [1.29, 1.82) is 0 Å². The summed E-state index contributed by atoms with van der Waals surface area (Å²) in [5.41, 5.74) is 1.01. The number of ether oxygens (including phenoxy) is 2. The molecule has 1 atom stereocenters. The average molecular weight is 290 g/mol. The molecule has 104 valence electrons. The Balaban J connectivity index is 1.89. The van der Waals surface area contributed by atoms with Crippen LogP contribution in [0.1, 0.15) is 11.7 Å². The summed E-state index contributed by atoms with van der Waals surface area (Å²) in [7, 11) is 1.62. The third-order valence-electron chi connectivity index (χ3n) is 3.21. The number of hydrogen-bond acceptors (Lipinski definition) is 5. The van der Waals surface area contributed by atoms with E-state index in [-0.39, 0.29) is 17.6 Å². The van der Waals surface area contributed by atoms with E-state index in [1.54, 1.807) is 24.9 Å². The highest BCUT2D eigenvalue weighted by Gasteiger charge is 2.25. The molecule has 1 heterocycles. The minimum atomic E-state index is -0.201. The Hall–Kier alpha value is -2.01. The fraction of sp³-hybridized carbons (Fsp3) is 0.200. The summed E-state index contributed by atoms with van der Waals surface area (Å²) in [6, 6.07) is 10.9. The van der Waals surface area contributed by atoms with Gasteiger partial charge >= 0.3 is 0 Å². The Bertz CT molecular complexity index is 625. The number of benzene rings is 2. The summed E-state index contributed by atoms with van der Waals surface area (Å²) in [6.07, 6.45) is -0.161. The van der Waals surface area contributed by atoms with Gasteiger partial charge in [-0.2, -0.15) is 0 Å². The molecule has 2 N–H and O–H groups in total. The number of phenols is 2. The van der Waals surface area contributed by atoms with Crippen LogP contribution in [0.15, 0.2) is 41.3 Å². The van der Waals surface area contributed by atoms with Gasteiger partial charge in [-0.25, -0.2) is 0 Å². The largest absolute Gasteiger partial charge is 0.504 e. The summed E-state index contributed by atoms with van der Waals surface area (Å²) >= 11 is 1.60. The van der Waals surface area contributed by atoms with Gasteiger partial charge in [0.1, 0.15) is 11.9 Å². The second-order valence-corrected chi connectivity index (χ2v) is 5.51. The highest BCUT2D eigenvalue weighted by molar-refractivity contribution is 7.99. The van der Waals surface area contributed by atoms with Gasteiger partial charge in [-0.05, 0) is 29.8 Å². The lowest BCUT2D eigenvalue weighted by molar-refractivity contribution is 0.208. The van der Waals surface area contributed by atoms with Crippen LogP contribution in [0.2, 0.25) is 0 Å². The molecular formula is C15H14O4S. The molecule has 0 radical (unpaired) electrons. The molecular weight excluding hydrogens is 276 g/mol. The van der Waals surface area contributed by atoms with Gasteiger partial charge in [-0.3, -0.25) is 0 Å². The third kappa shape index (κ3) is 2.25. The number of aromatic hydroxyl groups is 2. The Morgan fingerprint density at radius 2 is 1.90 bits per heavy atom. The Morgan fingerprint density at radius 1 is 1.15 bits per heavy atom. The molecule has 0 fully saturated rings. The van der Waals surface area contributed by atoms with Crippen molar-refractivity contribution >= 4 is 11.8 Å². The quantitative estimate of drug-likeness (QED) is 0.831. The fourth-order valence-corrected chi connectivity index (χ4v) is 3.13. The van der Waals surface area contributed by atoms with Crippen molar-refractivity contribution in [2.24, 2.45) is 0 Å². The van der Waals surface area contributed by atoms with Gasteiger partial charge < -0.3 is 19.7 Å². The number of thioether (sulfide) groups is 1. The zero-order valence-electron chi connectivity index (χ0n) is 10.9. The molecule has 0 aromatic heterocycles.